The van der Waals surface area contributed by atoms with Gasteiger partial charge < -0.3 is 10.4 Å². The Bertz CT molecular complexity index is 412. The summed E-state index contributed by atoms with van der Waals surface area (Å²) in [7, 11) is 0. The van der Waals surface area contributed by atoms with Crippen LogP contribution in [-0.2, 0) is 5.41 Å². The van der Waals surface area contributed by atoms with Crippen molar-refractivity contribution < 1.29 is 5.11 Å². The van der Waals surface area contributed by atoms with Gasteiger partial charge in [0.2, 0.25) is 0 Å². The Kier molecular flexibility index (Phi) is 3.17. The van der Waals surface area contributed by atoms with Gasteiger partial charge in [-0.25, -0.2) is 0 Å². The Hall–Kier alpha value is -1.02. The molecule has 1 fully saturated rings. The molecule has 1 saturated heterocycles. The Balaban J connectivity index is 2.50. The van der Waals surface area contributed by atoms with E-state index in [-0.39, 0.29) is 5.41 Å². The van der Waals surface area contributed by atoms with Crippen LogP contribution in [0.5, 0.6) is 5.75 Å². The zero-order valence-electron chi connectivity index (χ0n) is 11.3. The molecule has 2 nitrogen and oxygen atoms in total. The van der Waals surface area contributed by atoms with Crippen LogP contribution in [0.2, 0.25) is 0 Å². The minimum atomic E-state index is -0.00879. The summed E-state index contributed by atoms with van der Waals surface area (Å²) >= 11 is 0. The van der Waals surface area contributed by atoms with E-state index < -0.39 is 0 Å². The number of hydrogen-bond donors (Lipinski definition) is 2. The van der Waals surface area contributed by atoms with Crippen LogP contribution in [0.3, 0.4) is 0 Å². The van der Waals surface area contributed by atoms with Crippen LogP contribution in [0.25, 0.3) is 0 Å². The second-order valence-electron chi connectivity index (χ2n) is 6.09. The predicted octanol–water partition coefficient (Wildman–Crippen LogP) is 3.42. The maximum atomic E-state index is 10.5. The number of aromatic hydroxyl groups is 1. The fraction of sp³-hybridized carbons (Fsp3) is 0.600. The molecule has 0 aliphatic carbocycles. The van der Waals surface area contributed by atoms with Crippen LogP contribution < -0.4 is 5.32 Å². The van der Waals surface area contributed by atoms with Gasteiger partial charge in [-0.3, -0.25) is 0 Å². The molecule has 1 aromatic carbocycles. The van der Waals surface area contributed by atoms with Crippen molar-refractivity contribution >= 4 is 0 Å². The standard InChI is InChI=1S/C15H23NO/c1-10-7-8-11(15(2,3)4)14(17)13(10)12-6-5-9-16-12/h7-8,12,16-17H,5-6,9H2,1-4H3. The van der Waals surface area contributed by atoms with Gasteiger partial charge in [0.05, 0.1) is 0 Å². The van der Waals surface area contributed by atoms with E-state index in [2.05, 4.69) is 45.1 Å². The number of rotatable bonds is 1. The molecule has 94 valence electrons. The zero-order valence-corrected chi connectivity index (χ0v) is 11.3. The molecule has 0 saturated carbocycles. The van der Waals surface area contributed by atoms with E-state index in [9.17, 15) is 5.11 Å². The van der Waals surface area contributed by atoms with Gasteiger partial charge in [0.1, 0.15) is 5.75 Å². The van der Waals surface area contributed by atoms with Crippen molar-refractivity contribution in [2.45, 2.75) is 52.0 Å². The van der Waals surface area contributed by atoms with Crippen molar-refractivity contribution in [2.24, 2.45) is 0 Å². The van der Waals surface area contributed by atoms with Gasteiger partial charge in [-0.2, -0.15) is 0 Å². The lowest BCUT2D eigenvalue weighted by Gasteiger charge is -2.25. The van der Waals surface area contributed by atoms with Gasteiger partial charge in [-0.15, -0.1) is 0 Å². The minimum absolute atomic E-state index is 0.00879. The molecule has 2 heteroatoms. The second kappa shape index (κ2) is 4.34. The number of nitrogens with one attached hydrogen (secondary N) is 1. The van der Waals surface area contributed by atoms with Gasteiger partial charge in [-0.1, -0.05) is 32.9 Å². The monoisotopic (exact) mass is 233 g/mol. The summed E-state index contributed by atoms with van der Waals surface area (Å²) in [5, 5.41) is 14.0. The van der Waals surface area contributed by atoms with Crippen LogP contribution in [0, 0.1) is 6.92 Å². The molecule has 1 aliphatic heterocycles. The molecule has 1 atom stereocenters. The first-order chi connectivity index (χ1) is 7.91. The van der Waals surface area contributed by atoms with Crippen molar-refractivity contribution in [2.75, 3.05) is 6.54 Å². The molecule has 0 bridgehead atoms. The Morgan fingerprint density at radius 3 is 2.53 bits per heavy atom. The first-order valence-electron chi connectivity index (χ1n) is 6.47. The highest BCUT2D eigenvalue weighted by molar-refractivity contribution is 5.49. The third-order valence-electron chi connectivity index (χ3n) is 3.65. The summed E-state index contributed by atoms with van der Waals surface area (Å²) < 4.78 is 0. The van der Waals surface area contributed by atoms with Gasteiger partial charge in [0, 0.05) is 11.6 Å². The lowest BCUT2D eigenvalue weighted by atomic mass is 9.83. The molecule has 2 rings (SSSR count). The van der Waals surface area contributed by atoms with E-state index in [1.165, 1.54) is 12.0 Å². The second-order valence-corrected chi connectivity index (χ2v) is 6.09. The van der Waals surface area contributed by atoms with Gasteiger partial charge in [0.15, 0.2) is 0 Å². The van der Waals surface area contributed by atoms with Crippen molar-refractivity contribution in [3.63, 3.8) is 0 Å². The summed E-state index contributed by atoms with van der Waals surface area (Å²) in [6, 6.07) is 4.52. The third kappa shape index (κ3) is 2.32. The number of phenols is 1. The minimum Gasteiger partial charge on any atom is -0.507 e. The smallest absolute Gasteiger partial charge is 0.124 e. The number of hydrogen-bond acceptors (Lipinski definition) is 2. The van der Waals surface area contributed by atoms with E-state index >= 15 is 0 Å². The zero-order chi connectivity index (χ0) is 12.6. The average Bonchev–Trinajstić information content (AvgIpc) is 2.68. The summed E-state index contributed by atoms with van der Waals surface area (Å²) in [4.78, 5) is 0. The fourth-order valence-corrected chi connectivity index (χ4v) is 2.68. The lowest BCUT2D eigenvalue weighted by Crippen LogP contribution is -2.17. The van der Waals surface area contributed by atoms with E-state index in [0.29, 0.717) is 11.8 Å². The largest absolute Gasteiger partial charge is 0.507 e. The van der Waals surface area contributed by atoms with Gasteiger partial charge >= 0.3 is 0 Å². The maximum absolute atomic E-state index is 10.5. The fourth-order valence-electron chi connectivity index (χ4n) is 2.68. The number of aryl methyl sites for hydroxylation is 1. The average molecular weight is 233 g/mol. The van der Waals surface area contributed by atoms with E-state index in [1.54, 1.807) is 0 Å². The summed E-state index contributed by atoms with van der Waals surface area (Å²) in [5.41, 5.74) is 3.34. The van der Waals surface area contributed by atoms with Crippen molar-refractivity contribution in [3.05, 3.63) is 28.8 Å². The molecule has 1 aliphatic rings. The first kappa shape index (κ1) is 12.4. The topological polar surface area (TPSA) is 32.3 Å². The van der Waals surface area contributed by atoms with E-state index in [4.69, 9.17) is 0 Å². The van der Waals surface area contributed by atoms with Gasteiger partial charge in [0.25, 0.3) is 0 Å². The van der Waals surface area contributed by atoms with Crippen molar-refractivity contribution in [3.8, 4) is 5.75 Å². The molecule has 17 heavy (non-hydrogen) atoms. The molecule has 0 aromatic heterocycles. The molecule has 2 N–H and O–H groups in total. The third-order valence-corrected chi connectivity index (χ3v) is 3.65. The van der Waals surface area contributed by atoms with Gasteiger partial charge in [-0.05, 0) is 42.9 Å². The normalized spacial score (nSPS) is 20.8. The molecule has 1 aromatic rings. The highest BCUT2D eigenvalue weighted by atomic mass is 16.3. The summed E-state index contributed by atoms with van der Waals surface area (Å²) in [6.07, 6.45) is 2.32. The van der Waals surface area contributed by atoms with Crippen LogP contribution in [-0.4, -0.2) is 11.7 Å². The van der Waals surface area contributed by atoms with Crippen LogP contribution in [0.15, 0.2) is 12.1 Å². The van der Waals surface area contributed by atoms with Crippen LogP contribution >= 0.6 is 0 Å². The predicted molar refractivity (Wildman–Crippen MR) is 71.5 cm³/mol. The van der Waals surface area contributed by atoms with Crippen LogP contribution in [0.1, 0.15) is 56.3 Å². The van der Waals surface area contributed by atoms with Crippen molar-refractivity contribution in [1.29, 1.82) is 0 Å². The molecule has 0 spiro atoms. The number of phenolic OH excluding ortho intramolecular Hbond substituents is 1. The highest BCUT2D eigenvalue weighted by Crippen LogP contribution is 2.39. The van der Waals surface area contributed by atoms with Crippen LogP contribution in [0.4, 0.5) is 0 Å². The molecule has 0 amide bonds. The Morgan fingerprint density at radius 2 is 2.00 bits per heavy atom. The summed E-state index contributed by atoms with van der Waals surface area (Å²) in [6.45, 7) is 9.57. The molecular formula is C15H23NO. The molecule has 1 heterocycles. The Labute approximate surface area is 104 Å². The quantitative estimate of drug-likeness (QED) is 0.779. The Morgan fingerprint density at radius 1 is 1.29 bits per heavy atom. The SMILES string of the molecule is Cc1ccc(C(C)(C)C)c(O)c1C1CCCN1. The van der Waals surface area contributed by atoms with E-state index in [1.807, 2.05) is 0 Å². The maximum Gasteiger partial charge on any atom is 0.124 e. The van der Waals surface area contributed by atoms with Crippen molar-refractivity contribution in [1.82, 2.24) is 5.32 Å². The molecule has 0 radical (unpaired) electrons. The lowest BCUT2D eigenvalue weighted by molar-refractivity contribution is 0.430. The summed E-state index contributed by atoms with van der Waals surface area (Å²) in [5.74, 6) is 0.497. The molecular weight excluding hydrogens is 210 g/mol. The highest BCUT2D eigenvalue weighted by Gasteiger charge is 2.26. The van der Waals surface area contributed by atoms with E-state index in [0.717, 1.165) is 24.1 Å². The first-order valence-corrected chi connectivity index (χ1v) is 6.47. The molecule has 1 unspecified atom stereocenters. The number of benzene rings is 1.